The standard InChI is InChI=1S/C24H24ClFN4O2/c1-16-7-9-18(10-8-16)15-30-23(25)19(17(2)29-30)11-12-22(31)27-13-14-28-24(32)20-5-3-4-6-21(20)26/h3-12H,13-15H2,1-2H3,(H,27,31)(H,28,32)/b12-11+. The average molecular weight is 455 g/mol. The molecular formula is C24H24ClFN4O2. The van der Waals surface area contributed by atoms with E-state index in [9.17, 15) is 14.0 Å². The van der Waals surface area contributed by atoms with Crippen molar-refractivity contribution in [3.05, 3.63) is 93.5 Å². The van der Waals surface area contributed by atoms with Crippen LogP contribution in [0, 0.1) is 19.7 Å². The third-order valence-corrected chi connectivity index (χ3v) is 5.19. The predicted molar refractivity (Wildman–Crippen MR) is 123 cm³/mol. The van der Waals surface area contributed by atoms with E-state index in [4.69, 9.17) is 11.6 Å². The Morgan fingerprint density at radius 3 is 2.47 bits per heavy atom. The summed E-state index contributed by atoms with van der Waals surface area (Å²) in [5.74, 6) is -1.46. The van der Waals surface area contributed by atoms with Crippen LogP contribution in [0.4, 0.5) is 4.39 Å². The molecule has 3 rings (SSSR count). The molecule has 0 spiro atoms. The number of amides is 2. The van der Waals surface area contributed by atoms with Crippen LogP contribution in [0.2, 0.25) is 5.15 Å². The van der Waals surface area contributed by atoms with Crippen molar-refractivity contribution in [1.82, 2.24) is 20.4 Å². The van der Waals surface area contributed by atoms with E-state index in [1.165, 1.54) is 29.8 Å². The molecule has 0 aliphatic rings. The van der Waals surface area contributed by atoms with Crippen LogP contribution in [-0.4, -0.2) is 34.7 Å². The number of carbonyl (C=O) groups is 2. The first-order chi connectivity index (χ1) is 15.3. The largest absolute Gasteiger partial charge is 0.351 e. The van der Waals surface area contributed by atoms with E-state index >= 15 is 0 Å². The number of halogens is 2. The zero-order valence-corrected chi connectivity index (χ0v) is 18.6. The van der Waals surface area contributed by atoms with Crippen molar-refractivity contribution in [3.8, 4) is 0 Å². The summed E-state index contributed by atoms with van der Waals surface area (Å²) in [6, 6.07) is 13.8. The summed E-state index contributed by atoms with van der Waals surface area (Å²) >= 11 is 6.47. The quantitative estimate of drug-likeness (QED) is 0.400. The van der Waals surface area contributed by atoms with Crippen molar-refractivity contribution in [1.29, 1.82) is 0 Å². The minimum Gasteiger partial charge on any atom is -0.351 e. The van der Waals surface area contributed by atoms with Gasteiger partial charge < -0.3 is 10.6 Å². The molecule has 0 atom stereocenters. The zero-order chi connectivity index (χ0) is 23.1. The number of hydrogen-bond donors (Lipinski definition) is 2. The van der Waals surface area contributed by atoms with E-state index in [2.05, 4.69) is 15.7 Å². The molecule has 0 unspecified atom stereocenters. The van der Waals surface area contributed by atoms with E-state index in [1.54, 1.807) is 16.8 Å². The molecule has 0 fully saturated rings. The Balaban J connectivity index is 1.51. The lowest BCUT2D eigenvalue weighted by molar-refractivity contribution is -0.116. The van der Waals surface area contributed by atoms with Crippen molar-refractivity contribution in [3.63, 3.8) is 0 Å². The van der Waals surface area contributed by atoms with Crippen LogP contribution in [0.25, 0.3) is 6.08 Å². The Morgan fingerprint density at radius 1 is 1.06 bits per heavy atom. The highest BCUT2D eigenvalue weighted by Crippen LogP contribution is 2.22. The second kappa shape index (κ2) is 10.7. The molecule has 1 aromatic heterocycles. The molecule has 0 aliphatic carbocycles. The summed E-state index contributed by atoms with van der Waals surface area (Å²) in [5, 5.41) is 10.1. The number of hydrogen-bond acceptors (Lipinski definition) is 3. The smallest absolute Gasteiger partial charge is 0.254 e. The van der Waals surface area contributed by atoms with Crippen LogP contribution in [-0.2, 0) is 11.3 Å². The molecule has 0 bridgehead atoms. The maximum Gasteiger partial charge on any atom is 0.254 e. The number of aryl methyl sites for hydroxylation is 2. The van der Waals surface area contributed by atoms with E-state index in [1.807, 2.05) is 38.1 Å². The molecule has 0 radical (unpaired) electrons. The molecule has 0 saturated heterocycles. The number of aromatic nitrogens is 2. The van der Waals surface area contributed by atoms with Gasteiger partial charge in [-0.15, -0.1) is 0 Å². The van der Waals surface area contributed by atoms with Gasteiger partial charge in [-0.3, -0.25) is 9.59 Å². The van der Waals surface area contributed by atoms with E-state index in [0.717, 1.165) is 5.56 Å². The molecule has 32 heavy (non-hydrogen) atoms. The van der Waals surface area contributed by atoms with Gasteiger partial charge >= 0.3 is 0 Å². The van der Waals surface area contributed by atoms with Gasteiger partial charge in [0, 0.05) is 24.7 Å². The highest BCUT2D eigenvalue weighted by atomic mass is 35.5. The van der Waals surface area contributed by atoms with Crippen LogP contribution >= 0.6 is 11.6 Å². The van der Waals surface area contributed by atoms with Crippen molar-refractivity contribution in [2.24, 2.45) is 0 Å². The molecule has 6 nitrogen and oxygen atoms in total. The normalized spacial score (nSPS) is 11.0. The SMILES string of the molecule is Cc1ccc(Cn2nc(C)c(/C=C/C(=O)NCCNC(=O)c3ccccc3F)c2Cl)cc1. The lowest BCUT2D eigenvalue weighted by Gasteiger charge is -2.06. The highest BCUT2D eigenvalue weighted by molar-refractivity contribution is 6.31. The number of nitrogens with one attached hydrogen (secondary N) is 2. The number of benzene rings is 2. The van der Waals surface area contributed by atoms with E-state index in [-0.39, 0.29) is 24.6 Å². The average Bonchev–Trinajstić information content (AvgIpc) is 3.04. The van der Waals surface area contributed by atoms with Gasteiger partial charge in [0.05, 0.1) is 17.8 Å². The van der Waals surface area contributed by atoms with Crippen molar-refractivity contribution in [2.45, 2.75) is 20.4 Å². The van der Waals surface area contributed by atoms with Gasteiger partial charge in [-0.1, -0.05) is 53.6 Å². The van der Waals surface area contributed by atoms with Gasteiger partial charge in [0.2, 0.25) is 5.91 Å². The molecule has 0 aliphatic heterocycles. The summed E-state index contributed by atoms with van der Waals surface area (Å²) in [6.45, 7) is 4.75. The third kappa shape index (κ3) is 6.04. The molecule has 3 aromatic rings. The third-order valence-electron chi connectivity index (χ3n) is 4.79. The van der Waals surface area contributed by atoms with Gasteiger partial charge in [0.25, 0.3) is 5.91 Å². The number of rotatable bonds is 8. The first-order valence-corrected chi connectivity index (χ1v) is 10.5. The van der Waals surface area contributed by atoms with Gasteiger partial charge in [-0.25, -0.2) is 9.07 Å². The van der Waals surface area contributed by atoms with Crippen LogP contribution in [0.1, 0.15) is 32.7 Å². The lowest BCUT2D eigenvalue weighted by atomic mass is 10.1. The van der Waals surface area contributed by atoms with Crippen LogP contribution in [0.15, 0.2) is 54.6 Å². The molecule has 166 valence electrons. The second-order valence-electron chi connectivity index (χ2n) is 7.29. The second-order valence-corrected chi connectivity index (χ2v) is 7.65. The Morgan fingerprint density at radius 2 is 1.75 bits per heavy atom. The summed E-state index contributed by atoms with van der Waals surface area (Å²) in [5.41, 5.74) is 3.60. The van der Waals surface area contributed by atoms with Crippen molar-refractivity contribution >= 4 is 29.5 Å². The molecular weight excluding hydrogens is 431 g/mol. The van der Waals surface area contributed by atoms with Crippen LogP contribution in [0.3, 0.4) is 0 Å². The first-order valence-electron chi connectivity index (χ1n) is 10.1. The van der Waals surface area contributed by atoms with Crippen molar-refractivity contribution < 1.29 is 14.0 Å². The first kappa shape index (κ1) is 23.2. The Kier molecular flexibility index (Phi) is 7.78. The Hall–Kier alpha value is -3.45. The molecule has 2 amide bonds. The van der Waals surface area contributed by atoms with Crippen LogP contribution < -0.4 is 10.6 Å². The van der Waals surface area contributed by atoms with Crippen LogP contribution in [0.5, 0.6) is 0 Å². The fraction of sp³-hybridized carbons (Fsp3) is 0.208. The lowest BCUT2D eigenvalue weighted by Crippen LogP contribution is -2.34. The van der Waals surface area contributed by atoms with Gasteiger partial charge in [0.1, 0.15) is 11.0 Å². The maximum absolute atomic E-state index is 13.6. The number of carbonyl (C=O) groups excluding carboxylic acids is 2. The summed E-state index contributed by atoms with van der Waals surface area (Å²) < 4.78 is 15.3. The Labute approximate surface area is 191 Å². The molecule has 2 N–H and O–H groups in total. The fourth-order valence-electron chi connectivity index (χ4n) is 3.05. The summed E-state index contributed by atoms with van der Waals surface area (Å²) in [4.78, 5) is 24.0. The molecule has 8 heteroatoms. The Bertz CT molecular complexity index is 1140. The molecule has 1 heterocycles. The van der Waals surface area contributed by atoms with Crippen molar-refractivity contribution in [2.75, 3.05) is 13.1 Å². The minimum atomic E-state index is -0.591. The zero-order valence-electron chi connectivity index (χ0n) is 17.9. The summed E-state index contributed by atoms with van der Waals surface area (Å²) in [7, 11) is 0. The topological polar surface area (TPSA) is 76.0 Å². The van der Waals surface area contributed by atoms with Gasteiger partial charge in [-0.05, 0) is 37.6 Å². The fourth-order valence-corrected chi connectivity index (χ4v) is 3.35. The van der Waals surface area contributed by atoms with Gasteiger partial charge in [-0.2, -0.15) is 5.10 Å². The van der Waals surface area contributed by atoms with E-state index < -0.39 is 11.7 Å². The minimum absolute atomic E-state index is 0.0357. The molecule has 0 saturated carbocycles. The maximum atomic E-state index is 13.6. The molecule has 2 aromatic carbocycles. The van der Waals surface area contributed by atoms with E-state index in [0.29, 0.717) is 23.0 Å². The van der Waals surface area contributed by atoms with Gasteiger partial charge in [0.15, 0.2) is 0 Å². The highest BCUT2D eigenvalue weighted by Gasteiger charge is 2.12. The predicted octanol–water partition coefficient (Wildman–Crippen LogP) is 3.90. The monoisotopic (exact) mass is 454 g/mol. The summed E-state index contributed by atoms with van der Waals surface area (Å²) in [6.07, 6.45) is 2.98. The number of nitrogens with zero attached hydrogens (tertiary/aromatic N) is 2.